The number of likely N-dealkylation sites (tertiary alicyclic amines) is 1. The van der Waals surface area contributed by atoms with Gasteiger partial charge < -0.3 is 0 Å². The number of benzene rings is 1. The number of sulfone groups is 1. The van der Waals surface area contributed by atoms with Gasteiger partial charge in [0.2, 0.25) is 0 Å². The summed E-state index contributed by atoms with van der Waals surface area (Å²) in [5.41, 5.74) is 3.50. The molecule has 1 atom stereocenters. The van der Waals surface area contributed by atoms with Crippen LogP contribution < -0.4 is 0 Å². The minimum Gasteiger partial charge on any atom is -0.295 e. The topological polar surface area (TPSA) is 55.2 Å². The van der Waals surface area contributed by atoms with Crippen molar-refractivity contribution in [2.24, 2.45) is 7.05 Å². The summed E-state index contributed by atoms with van der Waals surface area (Å²) in [5.74, 6) is 0.159. The van der Waals surface area contributed by atoms with Crippen molar-refractivity contribution in [1.82, 2.24) is 14.7 Å². The zero-order valence-corrected chi connectivity index (χ0v) is 15.4. The van der Waals surface area contributed by atoms with Gasteiger partial charge in [-0.15, -0.1) is 0 Å². The maximum absolute atomic E-state index is 12.5. The molecule has 6 heteroatoms. The summed E-state index contributed by atoms with van der Waals surface area (Å²) in [5, 5.41) is 4.52. The van der Waals surface area contributed by atoms with Crippen LogP contribution in [0.1, 0.15) is 35.8 Å². The van der Waals surface area contributed by atoms with Gasteiger partial charge in [0.05, 0.1) is 16.3 Å². The molecule has 1 saturated heterocycles. The Kier molecular flexibility index (Phi) is 4.78. The van der Waals surface area contributed by atoms with Crippen LogP contribution in [0.25, 0.3) is 0 Å². The highest BCUT2D eigenvalue weighted by atomic mass is 32.2. The molecule has 0 unspecified atom stereocenters. The Hall–Kier alpha value is -1.66. The number of nitrogens with zero attached hydrogens (tertiary/aromatic N) is 3. The lowest BCUT2D eigenvalue weighted by Gasteiger charge is -2.25. The zero-order chi connectivity index (χ0) is 17.3. The molecule has 5 nitrogen and oxygen atoms in total. The van der Waals surface area contributed by atoms with E-state index in [4.69, 9.17) is 0 Å². The molecule has 2 aromatic rings. The Balaban J connectivity index is 1.75. The highest BCUT2D eigenvalue weighted by Gasteiger charge is 2.31. The third-order valence-corrected chi connectivity index (χ3v) is 6.72. The molecule has 0 N–H and O–H groups in total. The third-order valence-electron chi connectivity index (χ3n) is 5.01. The van der Waals surface area contributed by atoms with E-state index in [1.807, 2.05) is 24.7 Å². The van der Waals surface area contributed by atoms with Crippen LogP contribution in [0.15, 0.2) is 35.2 Å². The monoisotopic (exact) mass is 347 g/mol. The Morgan fingerprint density at radius 3 is 2.54 bits per heavy atom. The van der Waals surface area contributed by atoms with E-state index in [-0.39, 0.29) is 11.8 Å². The first kappa shape index (κ1) is 17.2. The fraction of sp³-hybridized carbons (Fsp3) is 0.500. The molecular formula is C18H25N3O2S. The summed E-state index contributed by atoms with van der Waals surface area (Å²) in [6, 6.07) is 9.01. The summed E-state index contributed by atoms with van der Waals surface area (Å²) in [7, 11) is -1.27. The van der Waals surface area contributed by atoms with Crippen LogP contribution in [0.3, 0.4) is 0 Å². The summed E-state index contributed by atoms with van der Waals surface area (Å²) in [6.07, 6.45) is 2.17. The van der Waals surface area contributed by atoms with Gasteiger partial charge in [-0.1, -0.05) is 18.2 Å². The molecule has 1 fully saturated rings. The van der Waals surface area contributed by atoms with Crippen LogP contribution in [0, 0.1) is 13.8 Å². The van der Waals surface area contributed by atoms with E-state index in [0.29, 0.717) is 11.4 Å². The first-order valence-electron chi connectivity index (χ1n) is 8.42. The van der Waals surface area contributed by atoms with Crippen LogP contribution in [-0.4, -0.2) is 41.9 Å². The van der Waals surface area contributed by atoms with Crippen molar-refractivity contribution in [2.45, 2.75) is 37.6 Å². The van der Waals surface area contributed by atoms with E-state index < -0.39 is 9.84 Å². The molecule has 0 radical (unpaired) electrons. The fourth-order valence-electron chi connectivity index (χ4n) is 3.68. The van der Waals surface area contributed by atoms with Crippen molar-refractivity contribution in [1.29, 1.82) is 0 Å². The lowest BCUT2D eigenvalue weighted by atomic mass is 10.0. The molecule has 2 heterocycles. The molecule has 1 aromatic heterocycles. The van der Waals surface area contributed by atoms with Gasteiger partial charge in [-0.3, -0.25) is 9.58 Å². The van der Waals surface area contributed by atoms with Crippen molar-refractivity contribution in [3.8, 4) is 0 Å². The molecule has 24 heavy (non-hydrogen) atoms. The van der Waals surface area contributed by atoms with Gasteiger partial charge >= 0.3 is 0 Å². The van der Waals surface area contributed by atoms with Crippen LogP contribution in [0.5, 0.6) is 0 Å². The Morgan fingerprint density at radius 1 is 1.21 bits per heavy atom. The highest BCUT2D eigenvalue weighted by molar-refractivity contribution is 7.91. The van der Waals surface area contributed by atoms with Gasteiger partial charge in [0.15, 0.2) is 9.84 Å². The average molecular weight is 347 g/mol. The summed E-state index contributed by atoms with van der Waals surface area (Å²) < 4.78 is 27.0. The molecule has 0 amide bonds. The fourth-order valence-corrected chi connectivity index (χ4v) is 4.96. The van der Waals surface area contributed by atoms with Crippen LogP contribution >= 0.6 is 0 Å². The molecule has 0 bridgehead atoms. The Labute approximate surface area is 144 Å². The molecule has 1 aliphatic rings. The van der Waals surface area contributed by atoms with Crippen LogP contribution in [-0.2, 0) is 16.9 Å². The summed E-state index contributed by atoms with van der Waals surface area (Å²) in [4.78, 5) is 2.71. The molecule has 0 spiro atoms. The lowest BCUT2D eigenvalue weighted by Crippen LogP contribution is -2.29. The third kappa shape index (κ3) is 3.26. The predicted molar refractivity (Wildman–Crippen MR) is 94.7 cm³/mol. The largest absolute Gasteiger partial charge is 0.295 e. The smallest absolute Gasteiger partial charge is 0.179 e. The van der Waals surface area contributed by atoms with Crippen molar-refractivity contribution < 1.29 is 8.42 Å². The molecule has 1 aromatic carbocycles. The van der Waals surface area contributed by atoms with Crippen molar-refractivity contribution >= 4 is 9.84 Å². The maximum atomic E-state index is 12.5. The molecule has 130 valence electrons. The van der Waals surface area contributed by atoms with Gasteiger partial charge in [-0.25, -0.2) is 8.42 Å². The van der Waals surface area contributed by atoms with E-state index >= 15 is 0 Å². The summed E-state index contributed by atoms with van der Waals surface area (Å²) >= 11 is 0. The van der Waals surface area contributed by atoms with E-state index in [1.165, 1.54) is 11.3 Å². The molecule has 0 saturated carbocycles. The number of aryl methyl sites for hydroxylation is 2. The summed E-state index contributed by atoms with van der Waals surface area (Å²) in [6.45, 7) is 5.64. The first-order chi connectivity index (χ1) is 11.4. The van der Waals surface area contributed by atoms with E-state index in [9.17, 15) is 8.42 Å². The second-order valence-electron chi connectivity index (χ2n) is 6.53. The lowest BCUT2D eigenvalue weighted by molar-refractivity contribution is 0.271. The van der Waals surface area contributed by atoms with Crippen molar-refractivity contribution in [2.75, 3.05) is 18.8 Å². The Bertz CT molecular complexity index is 812. The van der Waals surface area contributed by atoms with Gasteiger partial charge in [0.1, 0.15) is 0 Å². The van der Waals surface area contributed by atoms with Crippen LogP contribution in [0.2, 0.25) is 0 Å². The number of hydrogen-bond acceptors (Lipinski definition) is 4. The molecule has 1 aliphatic heterocycles. The van der Waals surface area contributed by atoms with Crippen molar-refractivity contribution in [3.05, 3.63) is 47.3 Å². The average Bonchev–Trinajstić information content (AvgIpc) is 3.11. The number of rotatable bonds is 5. The van der Waals surface area contributed by atoms with Crippen LogP contribution in [0.4, 0.5) is 0 Å². The quantitative estimate of drug-likeness (QED) is 0.834. The minimum atomic E-state index is -3.23. The first-order valence-corrected chi connectivity index (χ1v) is 10.1. The van der Waals surface area contributed by atoms with Gasteiger partial charge in [-0.2, -0.15) is 5.10 Å². The van der Waals surface area contributed by atoms with Crippen molar-refractivity contribution in [3.63, 3.8) is 0 Å². The van der Waals surface area contributed by atoms with Gasteiger partial charge in [0, 0.05) is 30.9 Å². The molecule has 3 rings (SSSR count). The van der Waals surface area contributed by atoms with E-state index in [2.05, 4.69) is 16.9 Å². The molecular weight excluding hydrogens is 322 g/mol. The SMILES string of the molecule is Cc1nn(C)c(C)c1[C@@H]1CCCN1CCS(=O)(=O)c1ccccc1. The normalized spacial score (nSPS) is 19.0. The predicted octanol–water partition coefficient (Wildman–Crippen LogP) is 2.65. The van der Waals surface area contributed by atoms with E-state index in [1.54, 1.807) is 24.3 Å². The standard InChI is InChI=1S/C18H25N3O2S/c1-14-18(15(2)20(3)19-14)17-10-7-11-21(17)12-13-24(22,23)16-8-5-4-6-9-16/h4-6,8-9,17H,7,10-13H2,1-3H3/t17-/m0/s1. The highest BCUT2D eigenvalue weighted by Crippen LogP contribution is 2.35. The number of aromatic nitrogens is 2. The molecule has 0 aliphatic carbocycles. The zero-order valence-electron chi connectivity index (χ0n) is 14.6. The number of hydrogen-bond donors (Lipinski definition) is 0. The minimum absolute atomic E-state index is 0.159. The second kappa shape index (κ2) is 6.69. The van der Waals surface area contributed by atoms with Gasteiger partial charge in [0.25, 0.3) is 0 Å². The van der Waals surface area contributed by atoms with Gasteiger partial charge in [-0.05, 0) is 45.4 Å². The maximum Gasteiger partial charge on any atom is 0.179 e. The second-order valence-corrected chi connectivity index (χ2v) is 8.64. The van der Waals surface area contributed by atoms with E-state index in [0.717, 1.165) is 25.1 Å². The Morgan fingerprint density at radius 2 is 1.92 bits per heavy atom.